The summed E-state index contributed by atoms with van der Waals surface area (Å²) in [6, 6.07) is 12.6. The lowest BCUT2D eigenvalue weighted by Gasteiger charge is -2.04. The van der Waals surface area contributed by atoms with Crippen molar-refractivity contribution in [1.29, 1.82) is 0 Å². The van der Waals surface area contributed by atoms with E-state index in [1.807, 2.05) is 23.9 Å². The van der Waals surface area contributed by atoms with Gasteiger partial charge in [0.25, 0.3) is 0 Å². The van der Waals surface area contributed by atoms with Gasteiger partial charge in [-0.25, -0.2) is 4.98 Å². The summed E-state index contributed by atoms with van der Waals surface area (Å²) in [6.45, 7) is 2.12. The van der Waals surface area contributed by atoms with Gasteiger partial charge in [0.2, 0.25) is 0 Å². The minimum Gasteiger partial charge on any atom is -0.384 e. The summed E-state index contributed by atoms with van der Waals surface area (Å²) in [5, 5.41) is 0. The molecule has 0 bridgehead atoms. The van der Waals surface area contributed by atoms with E-state index in [9.17, 15) is 0 Å². The Bertz CT molecular complexity index is 452. The molecule has 1 aromatic carbocycles. The van der Waals surface area contributed by atoms with Crippen LogP contribution in [0.15, 0.2) is 42.6 Å². The van der Waals surface area contributed by atoms with E-state index in [-0.39, 0.29) is 0 Å². The van der Waals surface area contributed by atoms with Crippen molar-refractivity contribution >= 4 is 17.6 Å². The molecular formula is C14H16N2S. The first-order valence-corrected chi connectivity index (χ1v) is 6.73. The number of nitrogens with zero attached hydrogens (tertiary/aromatic N) is 1. The number of rotatable bonds is 4. The Labute approximate surface area is 106 Å². The first-order chi connectivity index (χ1) is 8.24. The number of benzene rings is 1. The van der Waals surface area contributed by atoms with Gasteiger partial charge < -0.3 is 5.73 Å². The van der Waals surface area contributed by atoms with E-state index >= 15 is 0 Å². The lowest BCUT2D eigenvalue weighted by Crippen LogP contribution is -1.91. The standard InChI is InChI=1S/C14H16N2S/c1-11-3-2-4-12(7-11)9-17-10-13-5-6-16-14(15)8-13/h2-8H,9-10H2,1H3,(H2,15,16). The average Bonchev–Trinajstić information content (AvgIpc) is 2.29. The maximum Gasteiger partial charge on any atom is 0.123 e. The van der Waals surface area contributed by atoms with Crippen molar-refractivity contribution in [3.63, 3.8) is 0 Å². The molecule has 17 heavy (non-hydrogen) atoms. The highest BCUT2D eigenvalue weighted by atomic mass is 32.2. The number of hydrogen-bond acceptors (Lipinski definition) is 3. The lowest BCUT2D eigenvalue weighted by atomic mass is 10.2. The predicted octanol–water partition coefficient (Wildman–Crippen LogP) is 3.41. The molecule has 2 aromatic rings. The third-order valence-electron chi connectivity index (χ3n) is 2.47. The van der Waals surface area contributed by atoms with Crippen LogP contribution < -0.4 is 5.73 Å². The number of nitrogen functional groups attached to an aromatic ring is 1. The molecule has 0 aliphatic carbocycles. The van der Waals surface area contributed by atoms with Crippen molar-refractivity contribution in [2.75, 3.05) is 5.73 Å². The quantitative estimate of drug-likeness (QED) is 0.895. The summed E-state index contributed by atoms with van der Waals surface area (Å²) in [6.07, 6.45) is 1.76. The fourth-order valence-electron chi connectivity index (χ4n) is 1.67. The maximum absolute atomic E-state index is 5.64. The van der Waals surface area contributed by atoms with Crippen LogP contribution in [0.25, 0.3) is 0 Å². The zero-order valence-corrected chi connectivity index (χ0v) is 10.7. The molecule has 0 fully saturated rings. The monoisotopic (exact) mass is 244 g/mol. The van der Waals surface area contributed by atoms with Crippen molar-refractivity contribution in [2.24, 2.45) is 0 Å². The fourth-order valence-corrected chi connectivity index (χ4v) is 2.61. The highest BCUT2D eigenvalue weighted by Crippen LogP contribution is 2.18. The van der Waals surface area contributed by atoms with Crippen LogP contribution in [-0.2, 0) is 11.5 Å². The first-order valence-electron chi connectivity index (χ1n) is 5.58. The first kappa shape index (κ1) is 12.0. The van der Waals surface area contributed by atoms with Crippen molar-refractivity contribution in [3.05, 3.63) is 59.3 Å². The van der Waals surface area contributed by atoms with E-state index in [2.05, 4.69) is 36.2 Å². The topological polar surface area (TPSA) is 38.9 Å². The third kappa shape index (κ3) is 3.79. The lowest BCUT2D eigenvalue weighted by molar-refractivity contribution is 1.27. The fraction of sp³-hybridized carbons (Fsp3) is 0.214. The second-order valence-electron chi connectivity index (χ2n) is 4.07. The largest absolute Gasteiger partial charge is 0.384 e. The Kier molecular flexibility index (Phi) is 4.04. The van der Waals surface area contributed by atoms with Gasteiger partial charge in [-0.05, 0) is 30.2 Å². The number of thioether (sulfide) groups is 1. The highest BCUT2D eigenvalue weighted by molar-refractivity contribution is 7.97. The molecule has 0 saturated heterocycles. The molecular weight excluding hydrogens is 228 g/mol. The number of pyridine rings is 1. The van der Waals surface area contributed by atoms with Crippen molar-refractivity contribution in [3.8, 4) is 0 Å². The second-order valence-corrected chi connectivity index (χ2v) is 5.06. The van der Waals surface area contributed by atoms with Crippen LogP contribution in [-0.4, -0.2) is 4.98 Å². The number of hydrogen-bond donors (Lipinski definition) is 1. The van der Waals surface area contributed by atoms with Crippen LogP contribution in [0.3, 0.4) is 0 Å². The average molecular weight is 244 g/mol. The molecule has 0 aliphatic heterocycles. The van der Waals surface area contributed by atoms with Crippen molar-refractivity contribution in [2.45, 2.75) is 18.4 Å². The SMILES string of the molecule is Cc1cccc(CSCc2ccnc(N)c2)c1. The van der Waals surface area contributed by atoms with E-state index in [4.69, 9.17) is 5.73 Å². The molecule has 0 amide bonds. The van der Waals surface area contributed by atoms with Gasteiger partial charge in [-0.15, -0.1) is 0 Å². The Morgan fingerprint density at radius 1 is 1.12 bits per heavy atom. The summed E-state index contributed by atoms with van der Waals surface area (Å²) in [5.41, 5.74) is 9.56. The normalized spacial score (nSPS) is 10.4. The van der Waals surface area contributed by atoms with E-state index < -0.39 is 0 Å². The summed E-state index contributed by atoms with van der Waals surface area (Å²) >= 11 is 1.89. The zero-order valence-electron chi connectivity index (χ0n) is 9.89. The maximum atomic E-state index is 5.64. The molecule has 0 unspecified atom stereocenters. The molecule has 0 saturated carbocycles. The molecule has 2 rings (SSSR count). The molecule has 1 aromatic heterocycles. The van der Waals surface area contributed by atoms with Gasteiger partial charge in [-0.3, -0.25) is 0 Å². The highest BCUT2D eigenvalue weighted by Gasteiger charge is 1.97. The van der Waals surface area contributed by atoms with Gasteiger partial charge in [0, 0.05) is 17.7 Å². The van der Waals surface area contributed by atoms with Gasteiger partial charge in [0.15, 0.2) is 0 Å². The Hall–Kier alpha value is -1.48. The molecule has 0 spiro atoms. The van der Waals surface area contributed by atoms with E-state index in [1.165, 1.54) is 16.7 Å². The molecule has 0 atom stereocenters. The summed E-state index contributed by atoms with van der Waals surface area (Å²) in [7, 11) is 0. The number of nitrogens with two attached hydrogens (primary N) is 1. The number of anilines is 1. The minimum atomic E-state index is 0.596. The van der Waals surface area contributed by atoms with E-state index in [0.29, 0.717) is 5.82 Å². The van der Waals surface area contributed by atoms with Crippen LogP contribution in [0.1, 0.15) is 16.7 Å². The van der Waals surface area contributed by atoms with Gasteiger partial charge in [0.05, 0.1) is 0 Å². The Morgan fingerprint density at radius 3 is 2.59 bits per heavy atom. The van der Waals surface area contributed by atoms with Crippen molar-refractivity contribution < 1.29 is 0 Å². The van der Waals surface area contributed by atoms with Crippen LogP contribution in [0.5, 0.6) is 0 Å². The summed E-state index contributed by atoms with van der Waals surface area (Å²) in [4.78, 5) is 3.99. The van der Waals surface area contributed by atoms with E-state index in [1.54, 1.807) is 6.20 Å². The number of aromatic nitrogens is 1. The minimum absolute atomic E-state index is 0.596. The van der Waals surface area contributed by atoms with Crippen LogP contribution in [0.2, 0.25) is 0 Å². The molecule has 1 heterocycles. The summed E-state index contributed by atoms with van der Waals surface area (Å²) in [5.74, 6) is 2.60. The summed E-state index contributed by atoms with van der Waals surface area (Å²) < 4.78 is 0. The zero-order chi connectivity index (χ0) is 12.1. The molecule has 2 nitrogen and oxygen atoms in total. The second kappa shape index (κ2) is 5.73. The predicted molar refractivity (Wildman–Crippen MR) is 74.8 cm³/mol. The molecule has 2 N–H and O–H groups in total. The smallest absolute Gasteiger partial charge is 0.123 e. The molecule has 3 heteroatoms. The van der Waals surface area contributed by atoms with Crippen molar-refractivity contribution in [1.82, 2.24) is 4.98 Å². The van der Waals surface area contributed by atoms with Gasteiger partial charge in [-0.2, -0.15) is 11.8 Å². The van der Waals surface area contributed by atoms with Gasteiger partial charge >= 0.3 is 0 Å². The van der Waals surface area contributed by atoms with Gasteiger partial charge in [0.1, 0.15) is 5.82 Å². The molecule has 88 valence electrons. The van der Waals surface area contributed by atoms with E-state index in [0.717, 1.165) is 11.5 Å². The number of aryl methyl sites for hydroxylation is 1. The Balaban J connectivity index is 1.87. The van der Waals surface area contributed by atoms with Crippen LogP contribution in [0, 0.1) is 6.92 Å². The van der Waals surface area contributed by atoms with Gasteiger partial charge in [-0.1, -0.05) is 29.8 Å². The molecule has 0 radical (unpaired) electrons. The Morgan fingerprint density at radius 2 is 1.88 bits per heavy atom. The van der Waals surface area contributed by atoms with Crippen LogP contribution in [0.4, 0.5) is 5.82 Å². The van der Waals surface area contributed by atoms with Crippen LogP contribution >= 0.6 is 11.8 Å². The molecule has 0 aliphatic rings. The third-order valence-corrected chi connectivity index (χ3v) is 3.54.